The van der Waals surface area contributed by atoms with Crippen LogP contribution in [0.15, 0.2) is 18.2 Å². The minimum absolute atomic E-state index is 0.140. The van der Waals surface area contributed by atoms with Crippen LogP contribution in [0.5, 0.6) is 11.5 Å². The summed E-state index contributed by atoms with van der Waals surface area (Å²) in [6.45, 7) is 6.35. The van der Waals surface area contributed by atoms with Crippen LogP contribution in [-0.4, -0.2) is 52.0 Å². The molecule has 0 spiro atoms. The maximum absolute atomic E-state index is 6.31. The lowest BCUT2D eigenvalue weighted by molar-refractivity contribution is 0.0629. The lowest BCUT2D eigenvalue weighted by atomic mass is 10.1. The molecule has 1 rings (SSSR count). The molecular formula is C16H28N2O3. The number of likely N-dealkylation sites (N-methyl/N-ethyl adjacent to an activating group) is 1. The Morgan fingerprint density at radius 3 is 2.48 bits per heavy atom. The predicted molar refractivity (Wildman–Crippen MR) is 85.1 cm³/mol. The Kier molecular flexibility index (Phi) is 7.50. The van der Waals surface area contributed by atoms with Gasteiger partial charge in [-0.2, -0.15) is 0 Å². The van der Waals surface area contributed by atoms with E-state index in [1.54, 1.807) is 14.2 Å². The second-order valence-electron chi connectivity index (χ2n) is 5.40. The van der Waals surface area contributed by atoms with Crippen molar-refractivity contribution in [1.29, 1.82) is 0 Å². The SMILES string of the molecule is COc1ccc(OC)c(C(N)CN(C)CCOC(C)C)c1. The number of nitrogens with zero attached hydrogens (tertiary/aromatic N) is 1. The Hall–Kier alpha value is -1.30. The highest BCUT2D eigenvalue weighted by Crippen LogP contribution is 2.28. The van der Waals surface area contributed by atoms with Gasteiger partial charge in [-0.1, -0.05) is 0 Å². The Bertz CT molecular complexity index is 424. The fourth-order valence-electron chi connectivity index (χ4n) is 2.10. The Morgan fingerprint density at radius 2 is 1.90 bits per heavy atom. The second kappa shape index (κ2) is 8.87. The number of benzene rings is 1. The molecule has 0 aromatic heterocycles. The van der Waals surface area contributed by atoms with Gasteiger partial charge in [-0.25, -0.2) is 0 Å². The molecule has 0 heterocycles. The van der Waals surface area contributed by atoms with Crippen LogP contribution in [0.4, 0.5) is 0 Å². The number of ether oxygens (including phenoxy) is 3. The molecule has 120 valence electrons. The van der Waals surface area contributed by atoms with Crippen LogP contribution in [-0.2, 0) is 4.74 Å². The smallest absolute Gasteiger partial charge is 0.123 e. The standard InChI is InChI=1S/C16H28N2O3/c1-12(2)21-9-8-18(3)11-15(17)14-10-13(19-4)6-7-16(14)20-5/h6-7,10,12,15H,8-9,11,17H2,1-5H3. The minimum Gasteiger partial charge on any atom is -0.497 e. The number of hydrogen-bond donors (Lipinski definition) is 1. The average Bonchev–Trinajstić information content (AvgIpc) is 2.45. The van der Waals surface area contributed by atoms with Crippen molar-refractivity contribution in [3.05, 3.63) is 23.8 Å². The first-order valence-corrected chi connectivity index (χ1v) is 7.25. The van der Waals surface area contributed by atoms with Gasteiger partial charge in [0, 0.05) is 24.7 Å². The van der Waals surface area contributed by atoms with Crippen molar-refractivity contribution in [2.24, 2.45) is 5.73 Å². The van der Waals surface area contributed by atoms with Crippen LogP contribution in [0.3, 0.4) is 0 Å². The Morgan fingerprint density at radius 1 is 1.19 bits per heavy atom. The monoisotopic (exact) mass is 296 g/mol. The molecule has 0 radical (unpaired) electrons. The van der Waals surface area contributed by atoms with Crippen LogP contribution < -0.4 is 15.2 Å². The Balaban J connectivity index is 2.63. The molecule has 1 aromatic rings. The van der Waals surface area contributed by atoms with Crippen LogP contribution in [0.1, 0.15) is 25.5 Å². The van der Waals surface area contributed by atoms with Crippen LogP contribution in [0.2, 0.25) is 0 Å². The summed E-state index contributed by atoms with van der Waals surface area (Å²) < 4.78 is 16.2. The summed E-state index contributed by atoms with van der Waals surface area (Å²) in [6, 6.07) is 5.55. The molecule has 0 aliphatic carbocycles. The molecule has 0 bridgehead atoms. The van der Waals surface area contributed by atoms with Gasteiger partial charge in [0.2, 0.25) is 0 Å². The summed E-state index contributed by atoms with van der Waals surface area (Å²) in [7, 11) is 5.33. The van der Waals surface area contributed by atoms with E-state index in [0.29, 0.717) is 6.61 Å². The van der Waals surface area contributed by atoms with Crippen molar-refractivity contribution in [2.75, 3.05) is 41.0 Å². The molecule has 0 aliphatic heterocycles. The summed E-state index contributed by atoms with van der Waals surface area (Å²) in [6.07, 6.45) is 0.255. The fraction of sp³-hybridized carbons (Fsp3) is 0.625. The van der Waals surface area contributed by atoms with Gasteiger partial charge in [-0.05, 0) is 39.1 Å². The van der Waals surface area contributed by atoms with E-state index in [0.717, 1.165) is 30.2 Å². The average molecular weight is 296 g/mol. The molecule has 0 saturated heterocycles. The second-order valence-corrected chi connectivity index (χ2v) is 5.40. The molecular weight excluding hydrogens is 268 g/mol. The quantitative estimate of drug-likeness (QED) is 0.756. The van der Waals surface area contributed by atoms with E-state index in [2.05, 4.69) is 4.90 Å². The molecule has 0 fully saturated rings. The highest BCUT2D eigenvalue weighted by atomic mass is 16.5. The lowest BCUT2D eigenvalue weighted by Gasteiger charge is -2.23. The van der Waals surface area contributed by atoms with Crippen molar-refractivity contribution in [3.8, 4) is 11.5 Å². The lowest BCUT2D eigenvalue weighted by Crippen LogP contribution is -2.32. The van der Waals surface area contributed by atoms with Crippen molar-refractivity contribution in [2.45, 2.75) is 26.0 Å². The van der Waals surface area contributed by atoms with Crippen LogP contribution in [0.25, 0.3) is 0 Å². The first-order valence-electron chi connectivity index (χ1n) is 7.25. The summed E-state index contributed by atoms with van der Waals surface area (Å²) in [5.74, 6) is 1.57. The van der Waals surface area contributed by atoms with Crippen molar-refractivity contribution >= 4 is 0 Å². The van der Waals surface area contributed by atoms with E-state index in [4.69, 9.17) is 19.9 Å². The van der Waals surface area contributed by atoms with Crippen LogP contribution >= 0.6 is 0 Å². The third-order valence-corrected chi connectivity index (χ3v) is 3.27. The fourth-order valence-corrected chi connectivity index (χ4v) is 2.10. The van der Waals surface area contributed by atoms with Crippen molar-refractivity contribution in [3.63, 3.8) is 0 Å². The molecule has 5 nitrogen and oxygen atoms in total. The largest absolute Gasteiger partial charge is 0.497 e. The molecule has 0 aliphatic rings. The number of rotatable bonds is 9. The van der Waals surface area contributed by atoms with Gasteiger partial charge in [-0.15, -0.1) is 0 Å². The maximum atomic E-state index is 6.31. The van der Waals surface area contributed by atoms with Gasteiger partial charge < -0.3 is 24.8 Å². The topological polar surface area (TPSA) is 57.0 Å². The van der Waals surface area contributed by atoms with Gasteiger partial charge >= 0.3 is 0 Å². The van der Waals surface area contributed by atoms with Gasteiger partial charge in [0.25, 0.3) is 0 Å². The summed E-state index contributed by atoms with van der Waals surface area (Å²) in [5.41, 5.74) is 7.26. The summed E-state index contributed by atoms with van der Waals surface area (Å²) >= 11 is 0. The third kappa shape index (κ3) is 5.91. The molecule has 5 heteroatoms. The molecule has 0 saturated carbocycles. The molecule has 1 atom stereocenters. The molecule has 1 unspecified atom stereocenters. The number of hydrogen-bond acceptors (Lipinski definition) is 5. The zero-order chi connectivity index (χ0) is 15.8. The zero-order valence-electron chi connectivity index (χ0n) is 13.8. The van der Waals surface area contributed by atoms with E-state index in [-0.39, 0.29) is 12.1 Å². The first kappa shape index (κ1) is 17.8. The number of nitrogens with two attached hydrogens (primary N) is 1. The van der Waals surface area contributed by atoms with E-state index in [1.165, 1.54) is 0 Å². The normalized spacial score (nSPS) is 12.8. The molecule has 0 amide bonds. The highest BCUT2D eigenvalue weighted by Gasteiger charge is 2.15. The van der Waals surface area contributed by atoms with Gasteiger partial charge in [0.05, 0.1) is 26.9 Å². The van der Waals surface area contributed by atoms with E-state index < -0.39 is 0 Å². The van der Waals surface area contributed by atoms with Crippen LogP contribution in [0, 0.1) is 0 Å². The minimum atomic E-state index is -0.140. The van der Waals surface area contributed by atoms with Gasteiger partial charge in [0.15, 0.2) is 0 Å². The third-order valence-electron chi connectivity index (χ3n) is 3.27. The van der Waals surface area contributed by atoms with E-state index in [9.17, 15) is 0 Å². The first-order chi connectivity index (χ1) is 9.97. The summed E-state index contributed by atoms with van der Waals surface area (Å²) in [4.78, 5) is 2.16. The van der Waals surface area contributed by atoms with Crippen molar-refractivity contribution in [1.82, 2.24) is 4.90 Å². The predicted octanol–water partition coefficient (Wildman–Crippen LogP) is 2.06. The van der Waals surface area contributed by atoms with Crippen molar-refractivity contribution < 1.29 is 14.2 Å². The molecule has 21 heavy (non-hydrogen) atoms. The van der Waals surface area contributed by atoms with Gasteiger partial charge in [-0.3, -0.25) is 0 Å². The van der Waals surface area contributed by atoms with Gasteiger partial charge in [0.1, 0.15) is 11.5 Å². The van der Waals surface area contributed by atoms with E-state index >= 15 is 0 Å². The summed E-state index contributed by atoms with van der Waals surface area (Å²) in [5, 5.41) is 0. The maximum Gasteiger partial charge on any atom is 0.123 e. The highest BCUT2D eigenvalue weighted by molar-refractivity contribution is 5.42. The molecule has 2 N–H and O–H groups in total. The van der Waals surface area contributed by atoms with E-state index in [1.807, 2.05) is 39.1 Å². The molecule has 1 aromatic carbocycles. The zero-order valence-corrected chi connectivity index (χ0v) is 13.8. The Labute approximate surface area is 128 Å². The number of methoxy groups -OCH3 is 2.